The van der Waals surface area contributed by atoms with Gasteiger partial charge in [-0.25, -0.2) is 9.36 Å². The molecule has 5 nitrogen and oxygen atoms in total. The Balaban J connectivity index is 2.74. The number of aromatic nitrogens is 2. The van der Waals surface area contributed by atoms with Gasteiger partial charge >= 0.3 is 11.9 Å². The van der Waals surface area contributed by atoms with Crippen molar-refractivity contribution >= 4 is 17.7 Å². The van der Waals surface area contributed by atoms with E-state index in [0.29, 0.717) is 20.8 Å². The van der Waals surface area contributed by atoms with Gasteiger partial charge in [-0.15, -0.1) is 0 Å². The summed E-state index contributed by atoms with van der Waals surface area (Å²) >= 11 is 5.94. The number of nitriles is 1. The van der Waals surface area contributed by atoms with E-state index in [1.807, 2.05) is 0 Å². The van der Waals surface area contributed by atoms with E-state index in [4.69, 9.17) is 16.9 Å². The van der Waals surface area contributed by atoms with Gasteiger partial charge in [-0.3, -0.25) is 9.36 Å². The lowest BCUT2D eigenvalue weighted by molar-refractivity contribution is -0.144. The maximum atomic E-state index is 12.8. The van der Waals surface area contributed by atoms with Crippen LogP contribution >= 0.6 is 11.6 Å². The Morgan fingerprint density at radius 3 is 2.50 bits per heavy atom. The first-order valence-electron chi connectivity index (χ1n) is 6.43. The first-order valence-corrected chi connectivity index (χ1v) is 6.81. The molecule has 0 atom stereocenters. The zero-order valence-electron chi connectivity index (χ0n) is 12.1. The summed E-state index contributed by atoms with van der Waals surface area (Å²) in [5, 5.41) is 8.79. The highest BCUT2D eigenvalue weighted by molar-refractivity contribution is 6.32. The Morgan fingerprint density at radius 2 is 1.92 bits per heavy atom. The summed E-state index contributed by atoms with van der Waals surface area (Å²) in [4.78, 5) is 24.2. The SMILES string of the molecule is Cn1c(C(F)(F)F)cc(=O)n(-c2ccc(Cl)c(/C=C/C#N)c2)c1=O. The van der Waals surface area contributed by atoms with Crippen LogP contribution in [0.1, 0.15) is 11.3 Å². The monoisotopic (exact) mass is 355 g/mol. The smallest absolute Gasteiger partial charge is 0.292 e. The molecule has 1 aromatic heterocycles. The molecule has 0 aliphatic rings. The predicted molar refractivity (Wildman–Crippen MR) is 81.9 cm³/mol. The standard InChI is InChI=1S/C15H9ClF3N3O2/c1-21-12(15(17,18)19)8-13(23)22(14(21)24)10-4-5-11(16)9(7-10)3-2-6-20/h2-5,7-8H,1H3/b3-2+. The Hall–Kier alpha value is -2.79. The highest BCUT2D eigenvalue weighted by atomic mass is 35.5. The number of rotatable bonds is 2. The van der Waals surface area contributed by atoms with Crippen LogP contribution in [0.3, 0.4) is 0 Å². The number of allylic oxidation sites excluding steroid dienone is 1. The van der Waals surface area contributed by atoms with Gasteiger partial charge in [0, 0.05) is 24.2 Å². The van der Waals surface area contributed by atoms with Gasteiger partial charge in [0.25, 0.3) is 5.56 Å². The van der Waals surface area contributed by atoms with Crippen LogP contribution in [-0.2, 0) is 13.2 Å². The quantitative estimate of drug-likeness (QED) is 0.778. The highest BCUT2D eigenvalue weighted by Gasteiger charge is 2.35. The van der Waals surface area contributed by atoms with E-state index in [-0.39, 0.29) is 10.7 Å². The van der Waals surface area contributed by atoms with Crippen LogP contribution in [0.25, 0.3) is 11.8 Å². The molecule has 2 aromatic rings. The normalized spacial score (nSPS) is 11.7. The van der Waals surface area contributed by atoms with Gasteiger partial charge in [0.05, 0.1) is 11.8 Å². The molecule has 0 N–H and O–H groups in total. The number of nitrogens with zero attached hydrogens (tertiary/aromatic N) is 3. The molecule has 24 heavy (non-hydrogen) atoms. The molecule has 1 heterocycles. The van der Waals surface area contributed by atoms with E-state index in [9.17, 15) is 22.8 Å². The lowest BCUT2D eigenvalue weighted by Crippen LogP contribution is -2.40. The summed E-state index contributed by atoms with van der Waals surface area (Å²) in [7, 11) is 0.924. The zero-order valence-corrected chi connectivity index (χ0v) is 12.9. The molecule has 0 spiro atoms. The Kier molecular flexibility index (Phi) is 4.66. The lowest BCUT2D eigenvalue weighted by Gasteiger charge is -2.14. The van der Waals surface area contributed by atoms with Gasteiger partial charge in [0.2, 0.25) is 0 Å². The largest absolute Gasteiger partial charge is 0.431 e. The van der Waals surface area contributed by atoms with Crippen LogP contribution in [0.4, 0.5) is 13.2 Å². The Morgan fingerprint density at radius 1 is 1.25 bits per heavy atom. The first-order chi connectivity index (χ1) is 11.2. The summed E-state index contributed by atoms with van der Waals surface area (Å²) in [5.74, 6) is 0. The van der Waals surface area contributed by atoms with Crippen molar-refractivity contribution < 1.29 is 13.2 Å². The molecule has 0 bridgehead atoms. The number of hydrogen-bond donors (Lipinski definition) is 0. The Labute approximate surface area is 138 Å². The third-order valence-electron chi connectivity index (χ3n) is 3.19. The molecular weight excluding hydrogens is 347 g/mol. The second-order valence-electron chi connectivity index (χ2n) is 4.71. The number of benzene rings is 1. The minimum Gasteiger partial charge on any atom is -0.292 e. The maximum Gasteiger partial charge on any atom is 0.431 e. The topological polar surface area (TPSA) is 67.8 Å². The molecule has 0 aliphatic heterocycles. The molecular formula is C15H9ClF3N3O2. The minimum absolute atomic E-state index is 0.0383. The van der Waals surface area contributed by atoms with Gasteiger partial charge in [0.15, 0.2) is 0 Å². The van der Waals surface area contributed by atoms with E-state index >= 15 is 0 Å². The summed E-state index contributed by atoms with van der Waals surface area (Å²) in [6.45, 7) is 0. The molecule has 9 heteroatoms. The van der Waals surface area contributed by atoms with Crippen LogP contribution in [0.15, 0.2) is 39.9 Å². The van der Waals surface area contributed by atoms with Crippen LogP contribution in [-0.4, -0.2) is 9.13 Å². The van der Waals surface area contributed by atoms with Crippen LogP contribution in [0, 0.1) is 11.3 Å². The summed E-state index contributed by atoms with van der Waals surface area (Å²) in [6.07, 6.45) is -2.34. The van der Waals surface area contributed by atoms with E-state index in [2.05, 4.69) is 0 Å². The molecule has 2 rings (SSSR count). The number of alkyl halides is 3. The zero-order chi connectivity index (χ0) is 18.1. The minimum atomic E-state index is -4.83. The molecule has 0 amide bonds. The Bertz CT molecular complexity index is 981. The second kappa shape index (κ2) is 6.37. The molecule has 0 saturated carbocycles. The molecule has 124 valence electrons. The van der Waals surface area contributed by atoms with Crippen LogP contribution in [0.2, 0.25) is 5.02 Å². The summed E-state index contributed by atoms with van der Waals surface area (Å²) in [6, 6.07) is 6.13. The van der Waals surface area contributed by atoms with Crippen molar-refractivity contribution in [2.24, 2.45) is 7.05 Å². The van der Waals surface area contributed by atoms with Crippen LogP contribution in [0.5, 0.6) is 0 Å². The molecule has 0 unspecified atom stereocenters. The fourth-order valence-corrected chi connectivity index (χ4v) is 2.24. The van der Waals surface area contributed by atoms with Crippen molar-refractivity contribution in [1.29, 1.82) is 5.26 Å². The van der Waals surface area contributed by atoms with Crippen molar-refractivity contribution in [3.05, 3.63) is 67.5 Å². The molecule has 0 radical (unpaired) electrons. The van der Waals surface area contributed by atoms with Crippen molar-refractivity contribution in [3.8, 4) is 11.8 Å². The van der Waals surface area contributed by atoms with Gasteiger partial charge in [0.1, 0.15) is 5.69 Å². The molecule has 0 fully saturated rings. The molecule has 0 aliphatic carbocycles. The van der Waals surface area contributed by atoms with Crippen LogP contribution < -0.4 is 11.2 Å². The molecule has 0 saturated heterocycles. The third-order valence-corrected chi connectivity index (χ3v) is 3.53. The van der Waals surface area contributed by atoms with Gasteiger partial charge in [-0.1, -0.05) is 11.6 Å². The second-order valence-corrected chi connectivity index (χ2v) is 5.12. The van der Waals surface area contributed by atoms with E-state index in [1.165, 1.54) is 24.3 Å². The van der Waals surface area contributed by atoms with E-state index in [0.717, 1.165) is 13.1 Å². The third kappa shape index (κ3) is 3.26. The number of hydrogen-bond acceptors (Lipinski definition) is 3. The van der Waals surface area contributed by atoms with Crippen molar-refractivity contribution in [1.82, 2.24) is 9.13 Å². The predicted octanol–water partition coefficient (Wildman–Crippen LogP) is 2.75. The van der Waals surface area contributed by atoms with Crippen molar-refractivity contribution in [2.75, 3.05) is 0 Å². The van der Waals surface area contributed by atoms with Crippen molar-refractivity contribution in [2.45, 2.75) is 6.18 Å². The van der Waals surface area contributed by atoms with Crippen molar-refractivity contribution in [3.63, 3.8) is 0 Å². The maximum absolute atomic E-state index is 12.8. The average Bonchev–Trinajstić information content (AvgIpc) is 2.50. The molecule has 1 aromatic carbocycles. The van der Waals surface area contributed by atoms with E-state index < -0.39 is 23.1 Å². The van der Waals surface area contributed by atoms with Gasteiger partial charge in [-0.05, 0) is 29.8 Å². The highest BCUT2D eigenvalue weighted by Crippen LogP contribution is 2.27. The fraction of sp³-hybridized carbons (Fsp3) is 0.133. The first kappa shape index (κ1) is 17.6. The number of halogens is 4. The van der Waals surface area contributed by atoms with Gasteiger partial charge in [-0.2, -0.15) is 18.4 Å². The summed E-state index contributed by atoms with van der Waals surface area (Å²) in [5.41, 5.74) is -3.23. The van der Waals surface area contributed by atoms with Gasteiger partial charge < -0.3 is 0 Å². The fourth-order valence-electron chi connectivity index (χ4n) is 2.06. The lowest BCUT2D eigenvalue weighted by atomic mass is 10.2. The summed E-state index contributed by atoms with van der Waals surface area (Å²) < 4.78 is 39.4. The average molecular weight is 356 g/mol. The van der Waals surface area contributed by atoms with E-state index in [1.54, 1.807) is 6.07 Å².